The second-order valence-electron chi connectivity index (χ2n) is 4.51. The molecule has 7 heteroatoms. The van der Waals surface area contributed by atoms with Gasteiger partial charge < -0.3 is 10.5 Å². The van der Waals surface area contributed by atoms with Crippen LogP contribution in [0, 0.1) is 11.3 Å². The summed E-state index contributed by atoms with van der Waals surface area (Å²) in [5, 5.41) is 11.1. The predicted molar refractivity (Wildman–Crippen MR) is 83.1 cm³/mol. The third-order valence-electron chi connectivity index (χ3n) is 2.77. The van der Waals surface area contributed by atoms with Gasteiger partial charge >= 0.3 is 6.03 Å². The SMILES string of the molecule is CC[C@H](C)Oc1ccc(/C=C(/C#N)C(=O)NC(N)=O)cc1Cl. The van der Waals surface area contributed by atoms with Crippen molar-refractivity contribution in [3.05, 3.63) is 34.4 Å². The molecule has 0 bridgehead atoms. The lowest BCUT2D eigenvalue weighted by atomic mass is 10.1. The highest BCUT2D eigenvalue weighted by molar-refractivity contribution is 6.32. The average Bonchev–Trinajstić information content (AvgIpc) is 2.46. The first-order chi connectivity index (χ1) is 10.4. The van der Waals surface area contributed by atoms with E-state index in [9.17, 15) is 9.59 Å². The lowest BCUT2D eigenvalue weighted by molar-refractivity contribution is -0.115. The Labute approximate surface area is 133 Å². The molecule has 6 nitrogen and oxygen atoms in total. The molecule has 0 saturated carbocycles. The van der Waals surface area contributed by atoms with Gasteiger partial charge in [-0.15, -0.1) is 0 Å². The molecule has 0 spiro atoms. The molecule has 0 aliphatic carbocycles. The maximum absolute atomic E-state index is 11.6. The quantitative estimate of drug-likeness (QED) is 0.642. The van der Waals surface area contributed by atoms with Gasteiger partial charge in [0, 0.05) is 0 Å². The summed E-state index contributed by atoms with van der Waals surface area (Å²) in [7, 11) is 0. The number of ether oxygens (including phenoxy) is 1. The van der Waals surface area contributed by atoms with E-state index in [0.717, 1.165) is 6.42 Å². The summed E-state index contributed by atoms with van der Waals surface area (Å²) in [6, 6.07) is 5.54. The topological polar surface area (TPSA) is 105 Å². The van der Waals surface area contributed by atoms with Crippen LogP contribution in [0.15, 0.2) is 23.8 Å². The number of nitrogens with two attached hydrogens (primary N) is 1. The van der Waals surface area contributed by atoms with Gasteiger partial charge in [-0.3, -0.25) is 10.1 Å². The third-order valence-corrected chi connectivity index (χ3v) is 3.07. The summed E-state index contributed by atoms with van der Waals surface area (Å²) < 4.78 is 5.62. The molecule has 0 heterocycles. The first-order valence-corrected chi connectivity index (χ1v) is 6.94. The number of nitriles is 1. The Morgan fingerprint density at radius 3 is 2.73 bits per heavy atom. The van der Waals surface area contributed by atoms with E-state index in [0.29, 0.717) is 16.3 Å². The number of urea groups is 1. The minimum atomic E-state index is -1.03. The third kappa shape index (κ3) is 5.11. The average molecular weight is 322 g/mol. The zero-order chi connectivity index (χ0) is 16.7. The molecule has 22 heavy (non-hydrogen) atoms. The number of benzene rings is 1. The van der Waals surface area contributed by atoms with Gasteiger partial charge in [0.1, 0.15) is 17.4 Å². The molecule has 0 fully saturated rings. The van der Waals surface area contributed by atoms with E-state index in [-0.39, 0.29) is 11.7 Å². The summed E-state index contributed by atoms with van der Waals surface area (Å²) in [5.41, 5.74) is 5.10. The maximum Gasteiger partial charge on any atom is 0.319 e. The van der Waals surface area contributed by atoms with Crippen LogP contribution in [0.25, 0.3) is 6.08 Å². The number of hydrogen-bond acceptors (Lipinski definition) is 4. The number of imide groups is 1. The van der Waals surface area contributed by atoms with Crippen LogP contribution in [0.3, 0.4) is 0 Å². The minimum Gasteiger partial charge on any atom is -0.489 e. The Balaban J connectivity index is 3.00. The van der Waals surface area contributed by atoms with E-state index in [4.69, 9.17) is 27.3 Å². The fraction of sp³-hybridized carbons (Fsp3) is 0.267. The van der Waals surface area contributed by atoms with E-state index < -0.39 is 11.9 Å². The first kappa shape index (κ1) is 17.5. The number of hydrogen-bond donors (Lipinski definition) is 2. The molecule has 1 aromatic carbocycles. The van der Waals surface area contributed by atoms with Crippen molar-refractivity contribution >= 4 is 29.6 Å². The van der Waals surface area contributed by atoms with Gasteiger partial charge in [0.05, 0.1) is 11.1 Å². The van der Waals surface area contributed by atoms with Crippen LogP contribution in [-0.4, -0.2) is 18.0 Å². The minimum absolute atomic E-state index is 0.0231. The van der Waals surface area contributed by atoms with Crippen LogP contribution in [0.1, 0.15) is 25.8 Å². The second-order valence-corrected chi connectivity index (χ2v) is 4.92. The van der Waals surface area contributed by atoms with E-state index in [2.05, 4.69) is 0 Å². The van der Waals surface area contributed by atoms with Gasteiger partial charge in [-0.2, -0.15) is 5.26 Å². The van der Waals surface area contributed by atoms with E-state index >= 15 is 0 Å². The fourth-order valence-electron chi connectivity index (χ4n) is 1.50. The van der Waals surface area contributed by atoms with Gasteiger partial charge in [-0.1, -0.05) is 24.6 Å². The Hall–Kier alpha value is -2.52. The molecule has 0 aliphatic heterocycles. The van der Waals surface area contributed by atoms with Gasteiger partial charge in [0.15, 0.2) is 0 Å². The van der Waals surface area contributed by atoms with Crippen molar-refractivity contribution in [3.63, 3.8) is 0 Å². The van der Waals surface area contributed by atoms with Crippen molar-refractivity contribution in [2.45, 2.75) is 26.4 Å². The zero-order valence-electron chi connectivity index (χ0n) is 12.2. The molecule has 0 aliphatic rings. The van der Waals surface area contributed by atoms with Crippen molar-refractivity contribution in [1.82, 2.24) is 5.32 Å². The highest BCUT2D eigenvalue weighted by atomic mass is 35.5. The monoisotopic (exact) mass is 321 g/mol. The summed E-state index contributed by atoms with van der Waals surface area (Å²) >= 11 is 6.11. The van der Waals surface area contributed by atoms with Gasteiger partial charge in [0.25, 0.3) is 5.91 Å². The molecule has 0 unspecified atom stereocenters. The van der Waals surface area contributed by atoms with Gasteiger partial charge in [0.2, 0.25) is 0 Å². The van der Waals surface area contributed by atoms with Crippen LogP contribution < -0.4 is 15.8 Å². The van der Waals surface area contributed by atoms with Crippen LogP contribution in [0.2, 0.25) is 5.02 Å². The smallest absolute Gasteiger partial charge is 0.319 e. The highest BCUT2D eigenvalue weighted by Gasteiger charge is 2.12. The largest absolute Gasteiger partial charge is 0.489 e. The van der Waals surface area contributed by atoms with Crippen molar-refractivity contribution in [2.75, 3.05) is 0 Å². The lowest BCUT2D eigenvalue weighted by Gasteiger charge is -2.14. The summed E-state index contributed by atoms with van der Waals surface area (Å²) in [5.74, 6) is -0.348. The number of primary amides is 1. The normalized spacial score (nSPS) is 12.2. The predicted octanol–water partition coefficient (Wildman–Crippen LogP) is 2.62. The summed E-state index contributed by atoms with van der Waals surface area (Å²) in [6.07, 6.45) is 2.16. The number of carbonyl (C=O) groups excluding carboxylic acids is 2. The molecular weight excluding hydrogens is 306 g/mol. The van der Waals surface area contributed by atoms with Crippen molar-refractivity contribution in [2.24, 2.45) is 5.73 Å². The molecule has 0 radical (unpaired) electrons. The standard InChI is InChI=1S/C15H16ClN3O3/c1-3-9(2)22-13-5-4-10(7-12(13)16)6-11(8-17)14(20)19-15(18)21/h4-7,9H,3H2,1-2H3,(H3,18,19,20,21)/b11-6-/t9-/m0/s1. The lowest BCUT2D eigenvalue weighted by Crippen LogP contribution is -2.35. The summed E-state index contributed by atoms with van der Waals surface area (Å²) in [4.78, 5) is 22.2. The fourth-order valence-corrected chi connectivity index (χ4v) is 1.73. The zero-order valence-corrected chi connectivity index (χ0v) is 13.0. The maximum atomic E-state index is 11.6. The van der Waals surface area contributed by atoms with Gasteiger partial charge in [-0.05, 0) is 37.1 Å². The number of carbonyl (C=O) groups is 2. The Kier molecular flexibility index (Phi) is 6.42. The van der Waals surface area contributed by atoms with Crippen molar-refractivity contribution in [3.8, 4) is 11.8 Å². The molecule has 1 rings (SSSR count). The van der Waals surface area contributed by atoms with Gasteiger partial charge in [-0.25, -0.2) is 4.79 Å². The molecular formula is C15H16ClN3O3. The molecule has 116 valence electrons. The van der Waals surface area contributed by atoms with E-state index in [1.54, 1.807) is 24.3 Å². The van der Waals surface area contributed by atoms with E-state index in [1.165, 1.54) is 6.08 Å². The molecule has 0 aromatic heterocycles. The van der Waals surface area contributed by atoms with E-state index in [1.807, 2.05) is 19.2 Å². The molecule has 1 atom stereocenters. The van der Waals surface area contributed by atoms with Crippen LogP contribution in [0.5, 0.6) is 5.75 Å². The number of halogens is 1. The molecule has 0 saturated heterocycles. The Bertz CT molecular complexity index is 650. The van der Waals surface area contributed by atoms with Crippen LogP contribution in [-0.2, 0) is 4.79 Å². The molecule has 1 aromatic rings. The van der Waals surface area contributed by atoms with Crippen LogP contribution >= 0.6 is 11.6 Å². The number of rotatable bonds is 5. The number of nitrogens with zero attached hydrogens (tertiary/aromatic N) is 1. The van der Waals surface area contributed by atoms with Crippen LogP contribution in [0.4, 0.5) is 4.79 Å². The Morgan fingerprint density at radius 2 is 2.23 bits per heavy atom. The Morgan fingerprint density at radius 1 is 1.55 bits per heavy atom. The number of nitrogens with one attached hydrogen (secondary N) is 1. The molecule has 3 amide bonds. The number of amides is 3. The van der Waals surface area contributed by atoms with Crippen molar-refractivity contribution < 1.29 is 14.3 Å². The summed E-state index contributed by atoms with van der Waals surface area (Å²) in [6.45, 7) is 3.91. The molecule has 3 N–H and O–H groups in total. The first-order valence-electron chi connectivity index (χ1n) is 6.56. The second kappa shape index (κ2) is 8.05. The highest BCUT2D eigenvalue weighted by Crippen LogP contribution is 2.27. The van der Waals surface area contributed by atoms with Crippen molar-refractivity contribution in [1.29, 1.82) is 5.26 Å².